The van der Waals surface area contributed by atoms with Gasteiger partial charge in [-0.05, 0) is 94.1 Å². The largest absolute Gasteiger partial charge is 0.628 e. The average molecular weight is 853 g/mol. The van der Waals surface area contributed by atoms with Gasteiger partial charge in [-0.3, -0.25) is 0 Å². The van der Waals surface area contributed by atoms with Crippen molar-refractivity contribution in [3.05, 3.63) is 31.5 Å². The number of hydrogen-bond donors (Lipinski definition) is 0. The van der Waals surface area contributed by atoms with E-state index in [-0.39, 0.29) is 0 Å². The van der Waals surface area contributed by atoms with Crippen LogP contribution in [0.2, 0.25) is 0 Å². The third kappa shape index (κ3) is 34.8. The molecule has 0 unspecified atom stereocenters. The maximum Gasteiger partial charge on any atom is 0.0786 e. The highest BCUT2D eigenvalue weighted by molar-refractivity contribution is 4.59. The Morgan fingerprint density at radius 1 is 0.233 bits per heavy atom. The van der Waals surface area contributed by atoms with Crippen LogP contribution in [0.5, 0.6) is 0 Å². The summed E-state index contributed by atoms with van der Waals surface area (Å²) in [5.41, 5.74) is -3.25. The molecule has 360 valence electrons. The smallest absolute Gasteiger partial charge is 0.0786 e. The second kappa shape index (κ2) is 43.9. The van der Waals surface area contributed by atoms with Gasteiger partial charge in [0.15, 0.2) is 0 Å². The molecule has 0 saturated heterocycles. The van der Waals surface area contributed by atoms with E-state index < -0.39 is 17.1 Å². The van der Waals surface area contributed by atoms with Crippen LogP contribution < -0.4 is 32.0 Å². The van der Waals surface area contributed by atoms with Crippen LogP contribution in [0.15, 0.2) is 14.4 Å². The Bertz CT molecular complexity index is 902. The normalized spacial score (nSPS) is 11.6. The van der Waals surface area contributed by atoms with Crippen molar-refractivity contribution in [2.24, 2.45) is 0 Å². The van der Waals surface area contributed by atoms with E-state index in [4.69, 9.17) is 0 Å². The molecular formula is C51H108N6O3. The lowest BCUT2D eigenvalue weighted by atomic mass is 10.1. The van der Waals surface area contributed by atoms with Gasteiger partial charge in [0.1, 0.15) is 0 Å². The highest BCUT2D eigenvalue weighted by Gasteiger charge is 2.26. The fourth-order valence-electron chi connectivity index (χ4n) is 8.26. The molecule has 9 heteroatoms. The Morgan fingerprint density at radius 2 is 0.333 bits per heavy atom. The van der Waals surface area contributed by atoms with Crippen molar-refractivity contribution in [3.63, 3.8) is 0 Å². The van der Waals surface area contributed by atoms with Gasteiger partial charge in [-0.15, -0.1) is 0 Å². The first-order valence-electron chi connectivity index (χ1n) is 26.2. The molecule has 0 spiro atoms. The second-order valence-electron chi connectivity index (χ2n) is 18.1. The van der Waals surface area contributed by atoms with Crippen molar-refractivity contribution in [1.29, 1.82) is 0 Å². The summed E-state index contributed by atoms with van der Waals surface area (Å²) in [6, 6.07) is 0. The maximum absolute atomic E-state index is 10.0. The summed E-state index contributed by atoms with van der Waals surface area (Å²) in [5.74, 6) is 0. The van der Waals surface area contributed by atoms with Crippen LogP contribution in [0, 0.1) is 0 Å². The van der Waals surface area contributed by atoms with Crippen molar-refractivity contribution in [1.82, 2.24) is 15.0 Å². The van der Waals surface area contributed by atoms with Crippen LogP contribution in [0.4, 0.5) is 0 Å². The third-order valence-electron chi connectivity index (χ3n) is 12.4. The Balaban J connectivity index is -0.000000737. The summed E-state index contributed by atoms with van der Waals surface area (Å²) in [7, 11) is 0. The molecule has 0 saturated carbocycles. The van der Waals surface area contributed by atoms with Crippen LogP contribution in [-0.2, 0) is 0 Å². The summed E-state index contributed by atoms with van der Waals surface area (Å²) >= 11 is 0. The van der Waals surface area contributed by atoms with E-state index in [1.807, 2.05) is 0 Å². The molecule has 0 aliphatic rings. The van der Waals surface area contributed by atoms with Gasteiger partial charge in [-0.2, -0.15) is 0 Å². The Morgan fingerprint density at radius 3 is 0.417 bits per heavy atom. The molecule has 0 aromatic carbocycles. The Hall–Kier alpha value is -1.71. The van der Waals surface area contributed by atoms with Gasteiger partial charge in [-0.25, -0.2) is 0 Å². The first-order valence-corrected chi connectivity index (χ1v) is 26.2. The molecule has 60 heavy (non-hydrogen) atoms. The molecular weight excluding hydrogens is 745 g/mol. The molecule has 0 fully saturated rings. The highest BCUT2D eigenvalue weighted by Crippen LogP contribution is 2.19. The van der Waals surface area contributed by atoms with Crippen LogP contribution in [0.3, 0.4) is 0 Å². The van der Waals surface area contributed by atoms with E-state index in [2.05, 4.69) is 98.0 Å². The van der Waals surface area contributed by atoms with Crippen LogP contribution in [-0.4, -0.2) is 92.0 Å². The van der Waals surface area contributed by atoms with Crippen molar-refractivity contribution < 1.29 is 13.4 Å². The lowest BCUT2D eigenvalue weighted by Gasteiger charge is -2.39. The van der Waals surface area contributed by atoms with Crippen LogP contribution in [0.1, 0.15) is 237 Å². The fraction of sp³-hybridized carbons (Fsp3) is 0.941. The molecule has 9 nitrogen and oxygen atoms in total. The molecule has 1 heterocycles. The van der Waals surface area contributed by atoms with Crippen LogP contribution >= 0.6 is 0 Å². The molecule has 0 aliphatic carbocycles. The average Bonchev–Trinajstić information content (AvgIpc) is 3.25. The highest BCUT2D eigenvalue weighted by atomic mass is 16.2. The van der Waals surface area contributed by atoms with E-state index >= 15 is 0 Å². The minimum Gasteiger partial charge on any atom is -0.628 e. The molecule has 0 amide bonds. The topological polar surface area (TPSA) is 93.5 Å². The summed E-state index contributed by atoms with van der Waals surface area (Å²) in [6.45, 7) is 45.1. The molecule has 0 atom stereocenters. The Labute approximate surface area is 374 Å². The quantitative estimate of drug-likeness (QED) is 0.0624. The minimum absolute atomic E-state index is 1.08. The van der Waals surface area contributed by atoms with E-state index in [1.54, 1.807) is 0 Å². The van der Waals surface area contributed by atoms with E-state index in [9.17, 15) is 14.4 Å². The predicted molar refractivity (Wildman–Crippen MR) is 263 cm³/mol. The monoisotopic (exact) mass is 853 g/mol. The lowest BCUT2D eigenvalue weighted by Crippen LogP contribution is -2.50. The number of quaternary nitrogens is 3. The molecule has 0 N–H and O–H groups in total. The van der Waals surface area contributed by atoms with Gasteiger partial charge < -0.3 is 42.8 Å². The molecule has 0 radical (unpaired) electrons. The van der Waals surface area contributed by atoms with Gasteiger partial charge in [-0.1, -0.05) is 160 Å². The van der Waals surface area contributed by atoms with Crippen LogP contribution in [0.25, 0.3) is 0 Å². The van der Waals surface area contributed by atoms with Gasteiger partial charge in [0.2, 0.25) is 0 Å². The van der Waals surface area contributed by atoms with E-state index in [1.165, 1.54) is 246 Å². The number of aromatic nitrogens is 3. The van der Waals surface area contributed by atoms with E-state index in [0.717, 1.165) is 0 Å². The van der Waals surface area contributed by atoms with Gasteiger partial charge in [0.05, 0.1) is 78.5 Å². The number of nitrogens with zero attached hydrogens (tertiary/aromatic N) is 6. The predicted octanol–water partition coefficient (Wildman–Crippen LogP) is 11.6. The zero-order valence-corrected chi connectivity index (χ0v) is 42.9. The standard InChI is InChI=1S/3C16H36N.C3H3N3O3/c3*1-5-9-13-17(14-10-6-2,15-11-7-3)16-12-8-4;7-1-4-2(8)6-3(9)5-1/h3*5-16H2,1-4H3;(H3,4,5,6,7,8,9)/q3*+1;/p-3. The van der Waals surface area contributed by atoms with E-state index in [0.29, 0.717) is 0 Å². The summed E-state index contributed by atoms with van der Waals surface area (Å²) in [6.07, 6.45) is 33.2. The number of rotatable bonds is 36. The number of hydrogen-bond acceptors (Lipinski definition) is 3. The summed E-state index contributed by atoms with van der Waals surface area (Å²) in [5, 5.41) is 0. The first-order chi connectivity index (χ1) is 28.9. The van der Waals surface area contributed by atoms with Gasteiger partial charge in [0.25, 0.3) is 0 Å². The minimum atomic E-state index is -1.08. The van der Waals surface area contributed by atoms with Crippen molar-refractivity contribution in [2.75, 3.05) is 78.5 Å². The first kappa shape index (κ1) is 62.6. The lowest BCUT2D eigenvalue weighted by molar-refractivity contribution is -0.929. The summed E-state index contributed by atoms with van der Waals surface area (Å²) in [4.78, 5) is 38.2. The second-order valence-corrected chi connectivity index (χ2v) is 18.1. The van der Waals surface area contributed by atoms with Crippen molar-refractivity contribution >= 4 is 0 Å². The molecule has 0 bridgehead atoms. The van der Waals surface area contributed by atoms with Crippen molar-refractivity contribution in [2.45, 2.75) is 237 Å². The zero-order valence-electron chi connectivity index (χ0n) is 42.9. The van der Waals surface area contributed by atoms with Gasteiger partial charge in [0, 0.05) is 0 Å². The molecule has 1 aromatic heterocycles. The third-order valence-corrected chi connectivity index (χ3v) is 12.4. The Kier molecular flexibility index (Phi) is 45.8. The molecule has 1 rings (SSSR count). The van der Waals surface area contributed by atoms with Crippen molar-refractivity contribution in [3.8, 4) is 0 Å². The fourth-order valence-corrected chi connectivity index (χ4v) is 8.26. The zero-order chi connectivity index (χ0) is 45.8. The summed E-state index contributed by atoms with van der Waals surface area (Å²) < 4.78 is 4.26. The molecule has 1 aromatic rings. The maximum atomic E-state index is 10.0. The van der Waals surface area contributed by atoms with Gasteiger partial charge >= 0.3 is 0 Å². The number of unbranched alkanes of at least 4 members (excludes halogenated alkanes) is 12. The SMILES string of the molecule is CCCC[N+](CCCC)(CCCC)CCCC.CCCC[N+](CCCC)(CCCC)CCCC.CCCC[N+](CCCC)(CCCC)CCCC.O=c1[n-]c(=O)[n-]c(=O)[n-]1. The molecule has 0 aliphatic heterocycles.